The first-order valence-corrected chi connectivity index (χ1v) is 13.6. The van der Waals surface area contributed by atoms with Gasteiger partial charge in [-0.25, -0.2) is 4.79 Å². The lowest BCUT2D eigenvalue weighted by atomic mass is 9.49. The summed E-state index contributed by atoms with van der Waals surface area (Å²) in [5.41, 5.74) is 3.03. The van der Waals surface area contributed by atoms with E-state index in [-0.39, 0.29) is 28.6 Å². The number of fused-ring (bicyclic) bond motifs is 5. The van der Waals surface area contributed by atoms with Crippen molar-refractivity contribution in [2.24, 2.45) is 34.5 Å². The Morgan fingerprint density at radius 3 is 2.67 bits per heavy atom. The standard InChI is InChI=1S/C29H37ClN2O4/c1-16-13-18(6-7-19(16)27(35)36-4)31-25(34)14-17-5-8-21-20-15-23(30)26-29(3,12-10-24(33)32-26)22(20)9-11-28(17,21)2/h6-7,13,17,20-22H,5,8-12,14-15H2,1-4H3,(H,31,34)(H,32,33)/t17-,20?,21?,22?,28-,29-/m1/s1. The van der Waals surface area contributed by atoms with E-state index in [1.165, 1.54) is 7.11 Å². The van der Waals surface area contributed by atoms with Crippen molar-refractivity contribution in [3.05, 3.63) is 40.1 Å². The van der Waals surface area contributed by atoms with Crippen molar-refractivity contribution in [2.75, 3.05) is 12.4 Å². The highest BCUT2D eigenvalue weighted by Crippen LogP contribution is 2.66. The van der Waals surface area contributed by atoms with Gasteiger partial charge in [0.25, 0.3) is 0 Å². The van der Waals surface area contributed by atoms with Crippen LogP contribution < -0.4 is 10.6 Å². The smallest absolute Gasteiger partial charge is 0.338 e. The minimum absolute atomic E-state index is 0.0278. The predicted molar refractivity (Wildman–Crippen MR) is 139 cm³/mol. The van der Waals surface area contributed by atoms with Crippen LogP contribution in [0.4, 0.5) is 5.69 Å². The fourth-order valence-corrected chi connectivity index (χ4v) is 8.67. The summed E-state index contributed by atoms with van der Waals surface area (Å²) < 4.78 is 4.82. The topological polar surface area (TPSA) is 84.5 Å². The first kappa shape index (κ1) is 25.3. The van der Waals surface area contributed by atoms with Crippen LogP contribution in [0.3, 0.4) is 0 Å². The summed E-state index contributed by atoms with van der Waals surface area (Å²) in [4.78, 5) is 37.1. The second-order valence-corrected chi connectivity index (χ2v) is 12.4. The number of esters is 1. The van der Waals surface area contributed by atoms with Crippen molar-refractivity contribution in [1.29, 1.82) is 0 Å². The van der Waals surface area contributed by atoms with Crippen LogP contribution in [-0.2, 0) is 14.3 Å². The largest absolute Gasteiger partial charge is 0.465 e. The molecule has 0 spiro atoms. The van der Waals surface area contributed by atoms with Gasteiger partial charge in [-0.1, -0.05) is 25.4 Å². The van der Waals surface area contributed by atoms with Gasteiger partial charge in [-0.2, -0.15) is 0 Å². The Labute approximate surface area is 218 Å². The SMILES string of the molecule is COC(=O)c1ccc(NC(=O)C[C@H]2CCC3C4CC(Cl)=C5NC(=O)CC[C@]5(C)C4CC[C@@]32C)cc1C. The van der Waals surface area contributed by atoms with E-state index >= 15 is 0 Å². The van der Waals surface area contributed by atoms with E-state index < -0.39 is 0 Å². The summed E-state index contributed by atoms with van der Waals surface area (Å²) in [6, 6.07) is 5.29. The van der Waals surface area contributed by atoms with Gasteiger partial charge >= 0.3 is 5.97 Å². The normalized spacial score (nSPS) is 35.3. The summed E-state index contributed by atoms with van der Waals surface area (Å²) in [6.45, 7) is 6.54. The number of rotatable bonds is 4. The van der Waals surface area contributed by atoms with Gasteiger partial charge in [0.1, 0.15) is 0 Å². The van der Waals surface area contributed by atoms with E-state index in [2.05, 4.69) is 24.5 Å². The lowest BCUT2D eigenvalue weighted by Gasteiger charge is -2.57. The Hall–Kier alpha value is -2.34. The maximum atomic E-state index is 13.1. The van der Waals surface area contributed by atoms with E-state index in [9.17, 15) is 14.4 Å². The van der Waals surface area contributed by atoms with Crippen molar-refractivity contribution in [3.8, 4) is 0 Å². The van der Waals surface area contributed by atoms with Gasteiger partial charge in [-0.3, -0.25) is 9.59 Å². The maximum absolute atomic E-state index is 13.1. The molecule has 3 fully saturated rings. The molecular weight excluding hydrogens is 476 g/mol. The molecule has 6 nitrogen and oxygen atoms in total. The number of anilines is 1. The third kappa shape index (κ3) is 4.06. The van der Waals surface area contributed by atoms with E-state index in [1.54, 1.807) is 12.1 Å². The van der Waals surface area contributed by atoms with Gasteiger partial charge in [0.05, 0.1) is 12.7 Å². The van der Waals surface area contributed by atoms with E-state index in [1.807, 2.05) is 13.0 Å². The molecule has 0 aromatic heterocycles. The molecule has 2 N–H and O–H groups in total. The zero-order valence-electron chi connectivity index (χ0n) is 21.7. The average Bonchev–Trinajstić information content (AvgIpc) is 3.16. The molecule has 194 valence electrons. The number of piperidine rings is 1. The third-order valence-corrected chi connectivity index (χ3v) is 10.5. The van der Waals surface area contributed by atoms with E-state index in [4.69, 9.17) is 16.3 Å². The summed E-state index contributed by atoms with van der Waals surface area (Å²) in [5, 5.41) is 7.01. The molecular formula is C29H37ClN2O4. The molecule has 7 heteroatoms. The number of halogens is 1. The molecule has 3 unspecified atom stereocenters. The number of nitrogens with one attached hydrogen (secondary N) is 2. The number of carbonyl (C=O) groups excluding carboxylic acids is 3. The quantitative estimate of drug-likeness (QED) is 0.489. The molecule has 1 heterocycles. The van der Waals surface area contributed by atoms with Crippen LogP contribution in [0, 0.1) is 41.4 Å². The summed E-state index contributed by atoms with van der Waals surface area (Å²) >= 11 is 6.84. The molecule has 1 aromatic rings. The molecule has 6 atom stereocenters. The highest BCUT2D eigenvalue weighted by atomic mass is 35.5. The van der Waals surface area contributed by atoms with Crippen LogP contribution in [0.2, 0.25) is 0 Å². The lowest BCUT2D eigenvalue weighted by molar-refractivity contribution is -0.125. The van der Waals surface area contributed by atoms with Gasteiger partial charge in [-0.05, 0) is 98.3 Å². The molecule has 1 saturated heterocycles. The summed E-state index contributed by atoms with van der Waals surface area (Å²) in [5.74, 6) is 1.64. The van der Waals surface area contributed by atoms with Gasteiger partial charge in [0.2, 0.25) is 11.8 Å². The average molecular weight is 513 g/mol. The number of hydrogen-bond donors (Lipinski definition) is 2. The van der Waals surface area contributed by atoms with Crippen LogP contribution >= 0.6 is 11.6 Å². The Bertz CT molecular complexity index is 1150. The number of hydrogen-bond acceptors (Lipinski definition) is 4. The Morgan fingerprint density at radius 1 is 1.17 bits per heavy atom. The van der Waals surface area contributed by atoms with Crippen LogP contribution in [0.25, 0.3) is 0 Å². The molecule has 0 bridgehead atoms. The fourth-order valence-electron chi connectivity index (χ4n) is 8.22. The molecule has 1 aliphatic heterocycles. The summed E-state index contributed by atoms with van der Waals surface area (Å²) in [7, 11) is 1.37. The van der Waals surface area contributed by atoms with Crippen molar-refractivity contribution in [3.63, 3.8) is 0 Å². The molecule has 2 saturated carbocycles. The first-order chi connectivity index (χ1) is 17.1. The predicted octanol–water partition coefficient (Wildman–Crippen LogP) is 5.94. The van der Waals surface area contributed by atoms with E-state index in [0.29, 0.717) is 47.8 Å². The third-order valence-electron chi connectivity index (χ3n) is 10.2. The van der Waals surface area contributed by atoms with Crippen LogP contribution in [0.1, 0.15) is 81.1 Å². The number of aryl methyl sites for hydroxylation is 1. The Morgan fingerprint density at radius 2 is 1.94 bits per heavy atom. The van der Waals surface area contributed by atoms with Crippen molar-refractivity contribution < 1.29 is 19.1 Å². The number of allylic oxidation sites excluding steroid dienone is 2. The minimum atomic E-state index is -0.375. The zero-order valence-corrected chi connectivity index (χ0v) is 22.5. The molecule has 5 rings (SSSR count). The second kappa shape index (κ2) is 9.20. The van der Waals surface area contributed by atoms with Gasteiger partial charge in [-0.15, -0.1) is 0 Å². The van der Waals surface area contributed by atoms with Gasteiger partial charge in [0, 0.05) is 34.7 Å². The van der Waals surface area contributed by atoms with Crippen LogP contribution in [0.5, 0.6) is 0 Å². The molecule has 3 aliphatic carbocycles. The monoisotopic (exact) mass is 512 g/mol. The molecule has 2 amide bonds. The number of benzene rings is 1. The highest BCUT2D eigenvalue weighted by Gasteiger charge is 2.59. The molecule has 4 aliphatic rings. The molecule has 36 heavy (non-hydrogen) atoms. The van der Waals surface area contributed by atoms with Crippen molar-refractivity contribution in [2.45, 2.75) is 72.1 Å². The molecule has 0 radical (unpaired) electrons. The van der Waals surface area contributed by atoms with Gasteiger partial charge < -0.3 is 15.4 Å². The van der Waals surface area contributed by atoms with Crippen molar-refractivity contribution in [1.82, 2.24) is 5.32 Å². The van der Waals surface area contributed by atoms with E-state index in [0.717, 1.165) is 54.8 Å². The number of amides is 2. The molecule has 1 aromatic carbocycles. The van der Waals surface area contributed by atoms with Gasteiger partial charge in [0.15, 0.2) is 0 Å². The minimum Gasteiger partial charge on any atom is -0.465 e. The summed E-state index contributed by atoms with van der Waals surface area (Å²) in [6.07, 6.45) is 7.19. The zero-order chi connectivity index (χ0) is 25.8. The van der Waals surface area contributed by atoms with Crippen LogP contribution in [-0.4, -0.2) is 24.9 Å². The second-order valence-electron chi connectivity index (χ2n) is 11.9. The number of ether oxygens (including phenoxy) is 1. The number of carbonyl (C=O) groups is 3. The Kier molecular flexibility index (Phi) is 6.47. The fraction of sp³-hybridized carbons (Fsp3) is 0.621. The first-order valence-electron chi connectivity index (χ1n) is 13.2. The lowest BCUT2D eigenvalue weighted by Crippen LogP contribution is -2.54. The maximum Gasteiger partial charge on any atom is 0.338 e. The number of methoxy groups -OCH3 is 1. The van der Waals surface area contributed by atoms with Crippen LogP contribution in [0.15, 0.2) is 28.9 Å². The van der Waals surface area contributed by atoms with Crippen molar-refractivity contribution >= 4 is 35.1 Å². The highest BCUT2D eigenvalue weighted by molar-refractivity contribution is 6.30. The Balaban J connectivity index is 1.29.